The van der Waals surface area contributed by atoms with Crippen LogP contribution in [0.15, 0.2) is 12.1 Å². The Labute approximate surface area is 93.7 Å². The molecule has 0 radical (unpaired) electrons. The molecule has 1 unspecified atom stereocenters. The molecule has 0 amide bonds. The molecule has 0 aromatic heterocycles. The van der Waals surface area contributed by atoms with E-state index in [4.69, 9.17) is 0 Å². The lowest BCUT2D eigenvalue weighted by atomic mass is 10.1. The number of rotatable bonds is 4. The van der Waals surface area contributed by atoms with Gasteiger partial charge in [0.05, 0.1) is 5.69 Å². The highest BCUT2D eigenvalue weighted by Crippen LogP contribution is 2.21. The highest BCUT2D eigenvalue weighted by Gasteiger charge is 2.13. The van der Waals surface area contributed by atoms with Gasteiger partial charge in [-0.1, -0.05) is 13.8 Å². The van der Waals surface area contributed by atoms with Crippen LogP contribution in [-0.4, -0.2) is 6.04 Å². The van der Waals surface area contributed by atoms with Crippen LogP contribution in [0.5, 0.6) is 0 Å². The molecule has 0 bridgehead atoms. The summed E-state index contributed by atoms with van der Waals surface area (Å²) in [5.41, 5.74) is -0.120. The summed E-state index contributed by atoms with van der Waals surface area (Å²) in [4.78, 5) is 0. The monoisotopic (exact) mass is 231 g/mol. The van der Waals surface area contributed by atoms with Crippen molar-refractivity contribution in [3.8, 4) is 0 Å². The van der Waals surface area contributed by atoms with E-state index in [2.05, 4.69) is 5.32 Å². The third-order valence-corrected chi connectivity index (χ3v) is 2.22. The van der Waals surface area contributed by atoms with Crippen molar-refractivity contribution in [2.45, 2.75) is 33.2 Å². The second-order valence-corrected chi connectivity index (χ2v) is 4.42. The second-order valence-electron chi connectivity index (χ2n) is 4.42. The molecule has 4 heteroatoms. The molecule has 1 nitrogen and oxygen atoms in total. The van der Waals surface area contributed by atoms with Crippen LogP contribution in [0.1, 0.15) is 27.2 Å². The fraction of sp³-hybridized carbons (Fsp3) is 0.500. The molecule has 0 saturated heterocycles. The maximum Gasteiger partial charge on any atom is 0.182 e. The number of nitrogens with one attached hydrogen (secondary N) is 1. The Kier molecular flexibility index (Phi) is 4.21. The van der Waals surface area contributed by atoms with E-state index in [1.807, 2.05) is 20.8 Å². The average Bonchev–Trinajstić information content (AvgIpc) is 2.11. The van der Waals surface area contributed by atoms with E-state index >= 15 is 0 Å². The zero-order valence-electron chi connectivity index (χ0n) is 9.65. The third-order valence-electron chi connectivity index (χ3n) is 2.22. The minimum Gasteiger partial charge on any atom is -0.380 e. The van der Waals surface area contributed by atoms with Gasteiger partial charge in [0, 0.05) is 18.2 Å². The minimum absolute atomic E-state index is 0.0318. The summed E-state index contributed by atoms with van der Waals surface area (Å²) in [6.07, 6.45) is 0.803. The Morgan fingerprint density at radius 1 is 1.12 bits per heavy atom. The Morgan fingerprint density at radius 3 is 2.31 bits per heavy atom. The maximum absolute atomic E-state index is 13.3. The van der Waals surface area contributed by atoms with E-state index in [1.165, 1.54) is 0 Å². The largest absolute Gasteiger partial charge is 0.380 e. The first kappa shape index (κ1) is 12.9. The lowest BCUT2D eigenvalue weighted by molar-refractivity contribution is 0.492. The van der Waals surface area contributed by atoms with Crippen molar-refractivity contribution in [1.82, 2.24) is 0 Å². The zero-order valence-corrected chi connectivity index (χ0v) is 9.65. The summed E-state index contributed by atoms with van der Waals surface area (Å²) in [7, 11) is 0. The molecular weight excluding hydrogens is 215 g/mol. The van der Waals surface area contributed by atoms with Crippen LogP contribution in [0.3, 0.4) is 0 Å². The topological polar surface area (TPSA) is 12.0 Å². The highest BCUT2D eigenvalue weighted by atomic mass is 19.2. The zero-order chi connectivity index (χ0) is 12.3. The standard InChI is InChI=1S/C12H16F3N/c1-7(2)4-8(3)16-11-6-9(13)5-10(14)12(11)15/h5-8,16H,4H2,1-3H3. The maximum atomic E-state index is 13.3. The summed E-state index contributed by atoms with van der Waals surface area (Å²) in [6, 6.07) is 1.47. The Morgan fingerprint density at radius 2 is 1.75 bits per heavy atom. The summed E-state index contributed by atoms with van der Waals surface area (Å²) in [5, 5.41) is 2.77. The molecular formula is C12H16F3N. The Bertz CT molecular complexity index is 364. The van der Waals surface area contributed by atoms with Crippen LogP contribution in [0.4, 0.5) is 18.9 Å². The van der Waals surface area contributed by atoms with E-state index in [1.54, 1.807) is 0 Å². The number of anilines is 1. The van der Waals surface area contributed by atoms with Gasteiger partial charge in [0.15, 0.2) is 11.6 Å². The number of hydrogen-bond acceptors (Lipinski definition) is 1. The molecule has 0 saturated carbocycles. The van der Waals surface area contributed by atoms with Gasteiger partial charge in [0.2, 0.25) is 0 Å². The highest BCUT2D eigenvalue weighted by molar-refractivity contribution is 5.46. The van der Waals surface area contributed by atoms with E-state index in [-0.39, 0.29) is 11.7 Å². The molecule has 1 rings (SSSR count). The van der Waals surface area contributed by atoms with Gasteiger partial charge in [-0.3, -0.25) is 0 Å². The van der Waals surface area contributed by atoms with Crippen LogP contribution in [0, 0.1) is 23.4 Å². The smallest absolute Gasteiger partial charge is 0.182 e. The van der Waals surface area contributed by atoms with Crippen LogP contribution in [0.25, 0.3) is 0 Å². The number of halogens is 3. The molecule has 0 heterocycles. The molecule has 1 atom stereocenters. The van der Waals surface area contributed by atoms with Crippen LogP contribution in [0.2, 0.25) is 0 Å². The van der Waals surface area contributed by atoms with Gasteiger partial charge in [0.1, 0.15) is 5.82 Å². The van der Waals surface area contributed by atoms with Crippen LogP contribution < -0.4 is 5.32 Å². The normalized spacial score (nSPS) is 12.9. The quantitative estimate of drug-likeness (QED) is 0.773. The summed E-state index contributed by atoms with van der Waals surface area (Å²) in [6.45, 7) is 5.91. The van der Waals surface area contributed by atoms with Crippen molar-refractivity contribution >= 4 is 5.69 Å². The molecule has 1 aromatic carbocycles. The fourth-order valence-electron chi connectivity index (χ4n) is 1.69. The van der Waals surface area contributed by atoms with Gasteiger partial charge in [-0.15, -0.1) is 0 Å². The molecule has 0 aliphatic carbocycles. The van der Waals surface area contributed by atoms with Gasteiger partial charge in [-0.2, -0.15) is 0 Å². The van der Waals surface area contributed by atoms with Crippen molar-refractivity contribution < 1.29 is 13.2 Å². The first-order valence-electron chi connectivity index (χ1n) is 5.31. The number of hydrogen-bond donors (Lipinski definition) is 1. The molecule has 0 spiro atoms. The molecule has 1 aromatic rings. The Hall–Kier alpha value is -1.19. The number of benzene rings is 1. The molecule has 16 heavy (non-hydrogen) atoms. The van der Waals surface area contributed by atoms with Crippen molar-refractivity contribution in [1.29, 1.82) is 0 Å². The van der Waals surface area contributed by atoms with Gasteiger partial charge >= 0.3 is 0 Å². The summed E-state index contributed by atoms with van der Waals surface area (Å²) < 4.78 is 39.0. The second kappa shape index (κ2) is 5.23. The van der Waals surface area contributed by atoms with E-state index < -0.39 is 17.5 Å². The predicted molar refractivity (Wildman–Crippen MR) is 58.9 cm³/mol. The van der Waals surface area contributed by atoms with Crippen LogP contribution in [-0.2, 0) is 0 Å². The van der Waals surface area contributed by atoms with Gasteiger partial charge < -0.3 is 5.32 Å². The van der Waals surface area contributed by atoms with E-state index in [9.17, 15) is 13.2 Å². The van der Waals surface area contributed by atoms with E-state index in [0.29, 0.717) is 12.0 Å². The van der Waals surface area contributed by atoms with E-state index in [0.717, 1.165) is 12.5 Å². The molecule has 1 N–H and O–H groups in total. The SMILES string of the molecule is CC(C)CC(C)Nc1cc(F)cc(F)c1F. The lowest BCUT2D eigenvalue weighted by Crippen LogP contribution is -2.18. The Balaban J connectivity index is 2.80. The predicted octanol–water partition coefficient (Wildman–Crippen LogP) is 3.95. The lowest BCUT2D eigenvalue weighted by Gasteiger charge is -2.17. The summed E-state index contributed by atoms with van der Waals surface area (Å²) in [5.74, 6) is -2.54. The van der Waals surface area contributed by atoms with Crippen molar-refractivity contribution in [2.24, 2.45) is 5.92 Å². The first-order chi connectivity index (χ1) is 7.40. The van der Waals surface area contributed by atoms with Crippen molar-refractivity contribution in [3.63, 3.8) is 0 Å². The van der Waals surface area contributed by atoms with Gasteiger partial charge in [0.25, 0.3) is 0 Å². The molecule has 0 fully saturated rings. The van der Waals surface area contributed by atoms with Gasteiger partial charge in [-0.25, -0.2) is 13.2 Å². The summed E-state index contributed by atoms with van der Waals surface area (Å²) >= 11 is 0. The molecule has 0 aliphatic heterocycles. The minimum atomic E-state index is -1.17. The molecule has 0 aliphatic rings. The van der Waals surface area contributed by atoms with Crippen molar-refractivity contribution in [2.75, 3.05) is 5.32 Å². The average molecular weight is 231 g/mol. The third kappa shape index (κ3) is 3.43. The molecule has 90 valence electrons. The fourth-order valence-corrected chi connectivity index (χ4v) is 1.69. The van der Waals surface area contributed by atoms with Gasteiger partial charge in [-0.05, 0) is 19.3 Å². The first-order valence-corrected chi connectivity index (χ1v) is 5.31. The van der Waals surface area contributed by atoms with Crippen LogP contribution >= 0.6 is 0 Å². The van der Waals surface area contributed by atoms with Crippen molar-refractivity contribution in [3.05, 3.63) is 29.6 Å².